The molecule has 0 spiro atoms. The third-order valence-corrected chi connectivity index (χ3v) is 9.32. The Hall–Kier alpha value is -4.63. The van der Waals surface area contributed by atoms with E-state index in [0.717, 1.165) is 26.6 Å². The maximum atomic E-state index is 14.6. The Morgan fingerprint density at radius 3 is 2.04 bits per heavy atom. The van der Waals surface area contributed by atoms with Crippen LogP contribution in [0.15, 0.2) is 108 Å². The number of ether oxygens (including phenoxy) is 1. The third-order valence-electron chi connectivity index (χ3n) is 7.53. The van der Waals surface area contributed by atoms with Crippen LogP contribution >= 0.6 is 0 Å². The number of hydrogen-bond donors (Lipinski definition) is 1. The lowest BCUT2D eigenvalue weighted by atomic mass is 10.0. The van der Waals surface area contributed by atoms with Gasteiger partial charge < -0.3 is 15.0 Å². The van der Waals surface area contributed by atoms with Crippen molar-refractivity contribution in [3.05, 3.63) is 125 Å². The van der Waals surface area contributed by atoms with Gasteiger partial charge >= 0.3 is 0 Å². The largest absolute Gasteiger partial charge is 0.494 e. The van der Waals surface area contributed by atoms with E-state index in [1.54, 1.807) is 36.4 Å². The molecule has 1 N–H and O–H groups in total. The minimum absolute atomic E-state index is 0.0193. The molecule has 0 saturated carbocycles. The standard InChI is InChI=1S/C38H45N3O5S/c1-7-46-33-20-22-34(23-21-33)47(44,45)41(32-18-16-28(2)17-19-32)27-36(42)40(26-31-15-11-12-29(3)24-31)35(37(43)39-38(4,5)6)25-30-13-9-8-10-14-30/h8-24,35H,7,25-27H2,1-6H3,(H,39,43)/t35-/m0/s1. The van der Waals surface area contributed by atoms with Gasteiger partial charge in [-0.25, -0.2) is 8.42 Å². The first-order valence-corrected chi connectivity index (χ1v) is 17.2. The molecule has 4 aromatic rings. The second-order valence-corrected chi connectivity index (χ2v) is 14.6. The van der Waals surface area contributed by atoms with Crippen LogP contribution in [0.2, 0.25) is 0 Å². The van der Waals surface area contributed by atoms with Crippen LogP contribution in [-0.2, 0) is 32.6 Å². The molecule has 2 amide bonds. The molecule has 0 fully saturated rings. The van der Waals surface area contributed by atoms with Crippen molar-refractivity contribution in [3.63, 3.8) is 0 Å². The van der Waals surface area contributed by atoms with Gasteiger partial charge in [-0.05, 0) is 89.1 Å². The first-order chi connectivity index (χ1) is 22.3. The van der Waals surface area contributed by atoms with Crippen LogP contribution in [0.3, 0.4) is 0 Å². The summed E-state index contributed by atoms with van der Waals surface area (Å²) >= 11 is 0. The Labute approximate surface area is 279 Å². The number of sulfonamides is 1. The topological polar surface area (TPSA) is 96.0 Å². The first kappa shape index (κ1) is 35.2. The molecule has 4 aromatic carbocycles. The predicted molar refractivity (Wildman–Crippen MR) is 187 cm³/mol. The van der Waals surface area contributed by atoms with Crippen LogP contribution in [0, 0.1) is 13.8 Å². The number of amides is 2. The molecule has 0 radical (unpaired) electrons. The van der Waals surface area contributed by atoms with Crippen molar-refractivity contribution < 1.29 is 22.7 Å². The van der Waals surface area contributed by atoms with Gasteiger partial charge in [-0.1, -0.05) is 77.9 Å². The van der Waals surface area contributed by atoms with Gasteiger partial charge in [-0.15, -0.1) is 0 Å². The highest BCUT2D eigenvalue weighted by molar-refractivity contribution is 7.92. The van der Waals surface area contributed by atoms with Crippen molar-refractivity contribution in [2.75, 3.05) is 17.5 Å². The Morgan fingerprint density at radius 2 is 1.45 bits per heavy atom. The van der Waals surface area contributed by atoms with Gasteiger partial charge in [-0.3, -0.25) is 13.9 Å². The zero-order valence-corrected chi connectivity index (χ0v) is 28.9. The van der Waals surface area contributed by atoms with E-state index in [1.807, 2.05) is 96.1 Å². The number of nitrogens with zero attached hydrogens (tertiary/aromatic N) is 2. The minimum Gasteiger partial charge on any atom is -0.494 e. The molecule has 47 heavy (non-hydrogen) atoms. The maximum absolute atomic E-state index is 14.6. The molecular formula is C38H45N3O5S. The molecule has 1 atom stereocenters. The second kappa shape index (κ2) is 15.3. The Kier molecular flexibility index (Phi) is 11.5. The van der Waals surface area contributed by atoms with Crippen molar-refractivity contribution in [2.45, 2.75) is 71.0 Å². The van der Waals surface area contributed by atoms with E-state index in [0.29, 0.717) is 18.0 Å². The number of anilines is 1. The van der Waals surface area contributed by atoms with Crippen LogP contribution in [0.5, 0.6) is 5.75 Å². The fraction of sp³-hybridized carbons (Fsp3) is 0.316. The van der Waals surface area contributed by atoms with E-state index < -0.39 is 34.1 Å². The third kappa shape index (κ3) is 9.68. The first-order valence-electron chi connectivity index (χ1n) is 15.8. The average Bonchev–Trinajstić information content (AvgIpc) is 3.02. The highest BCUT2D eigenvalue weighted by Gasteiger charge is 2.35. The summed E-state index contributed by atoms with van der Waals surface area (Å²) in [5.74, 6) is -0.285. The smallest absolute Gasteiger partial charge is 0.264 e. The molecular weight excluding hydrogens is 611 g/mol. The molecule has 248 valence electrons. The molecule has 0 aliphatic carbocycles. The zero-order chi connectivity index (χ0) is 34.2. The average molecular weight is 656 g/mol. The van der Waals surface area contributed by atoms with Crippen LogP contribution in [0.25, 0.3) is 0 Å². The Morgan fingerprint density at radius 1 is 0.809 bits per heavy atom. The molecule has 8 nitrogen and oxygen atoms in total. The highest BCUT2D eigenvalue weighted by atomic mass is 32.2. The van der Waals surface area contributed by atoms with Gasteiger partial charge in [0.1, 0.15) is 18.3 Å². The monoisotopic (exact) mass is 655 g/mol. The predicted octanol–water partition coefficient (Wildman–Crippen LogP) is 6.45. The van der Waals surface area contributed by atoms with E-state index in [1.165, 1.54) is 17.0 Å². The van der Waals surface area contributed by atoms with Crippen molar-refractivity contribution >= 4 is 27.5 Å². The van der Waals surface area contributed by atoms with Crippen LogP contribution in [-0.4, -0.2) is 49.9 Å². The number of rotatable bonds is 13. The van der Waals surface area contributed by atoms with E-state index >= 15 is 0 Å². The highest BCUT2D eigenvalue weighted by Crippen LogP contribution is 2.27. The summed E-state index contributed by atoms with van der Waals surface area (Å²) in [7, 11) is -4.21. The van der Waals surface area contributed by atoms with Crippen molar-refractivity contribution in [1.82, 2.24) is 10.2 Å². The van der Waals surface area contributed by atoms with Crippen molar-refractivity contribution in [2.24, 2.45) is 0 Å². The zero-order valence-electron chi connectivity index (χ0n) is 28.1. The summed E-state index contributed by atoms with van der Waals surface area (Å²) < 4.78 is 35.2. The molecule has 0 unspecified atom stereocenters. The second-order valence-electron chi connectivity index (χ2n) is 12.7. The molecule has 0 aliphatic rings. The van der Waals surface area contributed by atoms with Crippen LogP contribution < -0.4 is 14.4 Å². The van der Waals surface area contributed by atoms with Gasteiger partial charge in [0.15, 0.2) is 0 Å². The lowest BCUT2D eigenvalue weighted by molar-refractivity contribution is -0.140. The number of carbonyl (C=O) groups is 2. The van der Waals surface area contributed by atoms with Gasteiger partial charge in [0.05, 0.1) is 17.2 Å². The quantitative estimate of drug-likeness (QED) is 0.179. The molecule has 4 rings (SSSR count). The summed E-state index contributed by atoms with van der Waals surface area (Å²) in [5.41, 5.74) is 3.44. The normalized spacial score (nSPS) is 12.2. The SMILES string of the molecule is CCOc1ccc(S(=O)(=O)N(CC(=O)N(Cc2cccc(C)c2)[C@@H](Cc2ccccc2)C(=O)NC(C)(C)C)c2ccc(C)cc2)cc1. The molecule has 0 aliphatic heterocycles. The fourth-order valence-electron chi connectivity index (χ4n) is 5.26. The maximum Gasteiger partial charge on any atom is 0.264 e. The van der Waals surface area contributed by atoms with E-state index in [9.17, 15) is 18.0 Å². The summed E-state index contributed by atoms with van der Waals surface area (Å²) in [6.07, 6.45) is 0.247. The van der Waals surface area contributed by atoms with Crippen LogP contribution in [0.4, 0.5) is 5.69 Å². The van der Waals surface area contributed by atoms with Crippen molar-refractivity contribution in [3.8, 4) is 5.75 Å². The number of aryl methyl sites for hydroxylation is 2. The number of benzene rings is 4. The van der Waals surface area contributed by atoms with E-state index in [4.69, 9.17) is 4.74 Å². The number of hydrogen-bond acceptors (Lipinski definition) is 5. The summed E-state index contributed by atoms with van der Waals surface area (Å²) in [6, 6.07) is 29.5. The van der Waals surface area contributed by atoms with Gasteiger partial charge in [0.2, 0.25) is 11.8 Å². The fourth-order valence-corrected chi connectivity index (χ4v) is 6.67. The molecule has 0 bridgehead atoms. The molecule has 0 aromatic heterocycles. The molecule has 0 saturated heterocycles. The lowest BCUT2D eigenvalue weighted by Gasteiger charge is -2.35. The van der Waals surface area contributed by atoms with Gasteiger partial charge in [0, 0.05) is 18.5 Å². The van der Waals surface area contributed by atoms with E-state index in [-0.39, 0.29) is 23.8 Å². The Bertz CT molecular complexity index is 1750. The lowest BCUT2D eigenvalue weighted by Crippen LogP contribution is -2.56. The Balaban J connectivity index is 1.81. The summed E-state index contributed by atoms with van der Waals surface area (Å²) in [4.78, 5) is 30.2. The molecule has 0 heterocycles. The summed E-state index contributed by atoms with van der Waals surface area (Å²) in [6.45, 7) is 11.4. The van der Waals surface area contributed by atoms with Gasteiger partial charge in [-0.2, -0.15) is 0 Å². The van der Waals surface area contributed by atoms with Crippen molar-refractivity contribution in [1.29, 1.82) is 0 Å². The molecule has 9 heteroatoms. The number of carbonyl (C=O) groups excluding carboxylic acids is 2. The number of nitrogens with one attached hydrogen (secondary N) is 1. The minimum atomic E-state index is -4.21. The van der Waals surface area contributed by atoms with E-state index in [2.05, 4.69) is 5.32 Å². The van der Waals surface area contributed by atoms with Crippen LogP contribution in [0.1, 0.15) is 49.9 Å². The van der Waals surface area contributed by atoms with Gasteiger partial charge in [0.25, 0.3) is 10.0 Å². The summed E-state index contributed by atoms with van der Waals surface area (Å²) in [5, 5.41) is 3.06.